The van der Waals surface area contributed by atoms with Crippen LogP contribution in [0, 0.1) is 6.92 Å². The summed E-state index contributed by atoms with van der Waals surface area (Å²) in [6.07, 6.45) is 7.69. The summed E-state index contributed by atoms with van der Waals surface area (Å²) in [7, 11) is 0. The number of hydrogen-bond donors (Lipinski definition) is 0. The maximum Gasteiger partial charge on any atom is 0.321 e. The fourth-order valence-electron chi connectivity index (χ4n) is 3.47. The zero-order valence-electron chi connectivity index (χ0n) is 17.8. The molecule has 2 aromatic heterocycles. The topological polar surface area (TPSA) is 72.7 Å². The molecule has 0 radical (unpaired) electrons. The third-order valence-corrected chi connectivity index (χ3v) is 5.05. The molecule has 0 spiro atoms. The van der Waals surface area contributed by atoms with Crippen LogP contribution in [0.3, 0.4) is 0 Å². The first-order chi connectivity index (χ1) is 15.3. The van der Waals surface area contributed by atoms with Gasteiger partial charge in [-0.05, 0) is 43.9 Å². The van der Waals surface area contributed by atoms with Gasteiger partial charge < -0.3 is 14.5 Å². The Bertz CT molecular complexity index is 1000. The number of aromatic nitrogens is 3. The molecular formula is C24H27N5O2. The van der Waals surface area contributed by atoms with Crippen LogP contribution < -0.4 is 14.5 Å². The predicted molar refractivity (Wildman–Crippen MR) is 121 cm³/mol. The Morgan fingerprint density at radius 1 is 1.03 bits per heavy atom. The van der Waals surface area contributed by atoms with Crippen molar-refractivity contribution in [3.8, 4) is 11.9 Å². The van der Waals surface area contributed by atoms with Crippen molar-refractivity contribution < 1.29 is 9.57 Å². The molecule has 0 saturated carbocycles. The second-order valence-corrected chi connectivity index (χ2v) is 7.55. The lowest BCUT2D eigenvalue weighted by atomic mass is 10.1. The first kappa shape index (κ1) is 20.8. The van der Waals surface area contributed by atoms with Gasteiger partial charge in [-0.2, -0.15) is 9.97 Å². The van der Waals surface area contributed by atoms with Gasteiger partial charge in [0, 0.05) is 37.5 Å². The minimum atomic E-state index is 0.291. The second-order valence-electron chi connectivity index (χ2n) is 7.55. The first-order valence-electron chi connectivity index (χ1n) is 10.7. The van der Waals surface area contributed by atoms with E-state index in [9.17, 15) is 0 Å². The van der Waals surface area contributed by atoms with Crippen molar-refractivity contribution in [2.24, 2.45) is 5.16 Å². The van der Waals surface area contributed by atoms with E-state index in [1.165, 1.54) is 12.0 Å². The minimum Gasteiger partial charge on any atom is -0.463 e. The number of aryl methyl sites for hydroxylation is 1. The highest BCUT2D eigenvalue weighted by Crippen LogP contribution is 2.24. The molecule has 7 nitrogen and oxygen atoms in total. The number of ether oxygens (including phenoxy) is 1. The maximum atomic E-state index is 5.84. The lowest BCUT2D eigenvalue weighted by molar-refractivity contribution is 0.278. The molecule has 31 heavy (non-hydrogen) atoms. The van der Waals surface area contributed by atoms with Gasteiger partial charge in [0.1, 0.15) is 5.82 Å². The van der Waals surface area contributed by atoms with Gasteiger partial charge >= 0.3 is 6.01 Å². The lowest BCUT2D eigenvalue weighted by Gasteiger charge is -2.27. The summed E-state index contributed by atoms with van der Waals surface area (Å²) in [6, 6.07) is 16.0. The summed E-state index contributed by atoms with van der Waals surface area (Å²) in [4.78, 5) is 21.1. The summed E-state index contributed by atoms with van der Waals surface area (Å²) in [5.74, 6) is 1.18. The molecule has 0 aliphatic carbocycles. The molecule has 1 fully saturated rings. The molecule has 1 aliphatic heterocycles. The Kier molecular flexibility index (Phi) is 7.05. The zero-order chi connectivity index (χ0) is 21.3. The average Bonchev–Trinajstić information content (AvgIpc) is 2.80. The molecule has 0 unspecified atom stereocenters. The van der Waals surface area contributed by atoms with Crippen LogP contribution in [0.1, 0.15) is 36.1 Å². The van der Waals surface area contributed by atoms with Gasteiger partial charge in [0.25, 0.3) is 5.88 Å². The van der Waals surface area contributed by atoms with Crippen molar-refractivity contribution in [1.82, 2.24) is 15.0 Å². The van der Waals surface area contributed by atoms with Crippen LogP contribution in [-0.4, -0.2) is 40.9 Å². The molecule has 0 bridgehead atoms. The van der Waals surface area contributed by atoms with E-state index in [4.69, 9.17) is 9.57 Å². The monoisotopic (exact) mass is 417 g/mol. The molecule has 1 aromatic carbocycles. The van der Waals surface area contributed by atoms with E-state index in [0.717, 1.165) is 43.0 Å². The quantitative estimate of drug-likeness (QED) is 0.404. The van der Waals surface area contributed by atoms with Crippen molar-refractivity contribution in [2.45, 2.75) is 32.6 Å². The Hall–Kier alpha value is -3.48. The van der Waals surface area contributed by atoms with Gasteiger partial charge in [0.15, 0.2) is 0 Å². The smallest absolute Gasteiger partial charge is 0.321 e. The number of oxime groups is 1. The summed E-state index contributed by atoms with van der Waals surface area (Å²) in [6.45, 7) is 4.42. The summed E-state index contributed by atoms with van der Waals surface area (Å²) in [5, 5.41) is 4.11. The van der Waals surface area contributed by atoms with Crippen LogP contribution in [0.4, 0.5) is 5.82 Å². The molecule has 3 aromatic rings. The normalized spacial score (nSPS) is 14.0. The predicted octanol–water partition coefficient (Wildman–Crippen LogP) is 4.20. The first-order valence-corrected chi connectivity index (χ1v) is 10.7. The molecule has 4 rings (SSSR count). The average molecular weight is 418 g/mol. The third-order valence-electron chi connectivity index (χ3n) is 5.05. The number of piperidine rings is 1. The standard InChI is InChI=1S/C24H27N5O2/c1-19-8-7-9-20(16-19)18-26-31-23-17-22(29-13-5-2-6-14-29)27-24(28-23)30-15-11-21-10-3-4-12-25-21/h3-4,7-10,12,16-18H,2,5-6,11,13-15H2,1H3/b26-18+. The maximum absolute atomic E-state index is 5.84. The van der Waals surface area contributed by atoms with E-state index in [1.54, 1.807) is 12.4 Å². The summed E-state index contributed by atoms with van der Waals surface area (Å²) >= 11 is 0. The van der Waals surface area contributed by atoms with Gasteiger partial charge in [-0.15, -0.1) is 0 Å². The van der Waals surface area contributed by atoms with Crippen LogP contribution >= 0.6 is 0 Å². The Morgan fingerprint density at radius 3 is 2.74 bits per heavy atom. The van der Waals surface area contributed by atoms with E-state index >= 15 is 0 Å². The number of hydrogen-bond acceptors (Lipinski definition) is 7. The van der Waals surface area contributed by atoms with Crippen LogP contribution in [0.15, 0.2) is 59.9 Å². The SMILES string of the molecule is Cc1cccc(/C=N/Oc2cc(N3CCCCC3)nc(OCCc3ccccn3)n2)c1. The second kappa shape index (κ2) is 10.5. The summed E-state index contributed by atoms with van der Waals surface area (Å²) in [5.41, 5.74) is 3.10. The van der Waals surface area contributed by atoms with Crippen molar-refractivity contribution in [2.75, 3.05) is 24.6 Å². The van der Waals surface area contributed by atoms with Crippen molar-refractivity contribution in [3.05, 3.63) is 71.5 Å². The van der Waals surface area contributed by atoms with Crippen molar-refractivity contribution in [3.63, 3.8) is 0 Å². The Morgan fingerprint density at radius 2 is 1.94 bits per heavy atom. The molecule has 160 valence electrons. The molecule has 1 saturated heterocycles. The van der Waals surface area contributed by atoms with Gasteiger partial charge in [-0.3, -0.25) is 4.98 Å². The molecule has 3 heterocycles. The Balaban J connectivity index is 1.46. The number of rotatable bonds is 8. The van der Waals surface area contributed by atoms with Crippen molar-refractivity contribution >= 4 is 12.0 Å². The highest BCUT2D eigenvalue weighted by Gasteiger charge is 2.16. The minimum absolute atomic E-state index is 0.291. The fourth-order valence-corrected chi connectivity index (χ4v) is 3.47. The Labute approximate surface area is 182 Å². The highest BCUT2D eigenvalue weighted by molar-refractivity contribution is 5.79. The van der Waals surface area contributed by atoms with Crippen LogP contribution in [-0.2, 0) is 6.42 Å². The van der Waals surface area contributed by atoms with E-state index in [2.05, 4.69) is 25.0 Å². The largest absolute Gasteiger partial charge is 0.463 e. The van der Waals surface area contributed by atoms with Gasteiger partial charge in [-0.25, -0.2) is 0 Å². The summed E-state index contributed by atoms with van der Waals surface area (Å²) < 4.78 is 5.84. The molecule has 0 amide bonds. The molecule has 1 aliphatic rings. The van der Waals surface area contributed by atoms with E-state index in [-0.39, 0.29) is 0 Å². The van der Waals surface area contributed by atoms with Crippen LogP contribution in [0.25, 0.3) is 0 Å². The van der Waals surface area contributed by atoms with E-state index in [0.29, 0.717) is 24.9 Å². The van der Waals surface area contributed by atoms with Gasteiger partial charge in [0.05, 0.1) is 12.8 Å². The van der Waals surface area contributed by atoms with Crippen LogP contribution in [0.2, 0.25) is 0 Å². The number of nitrogens with zero attached hydrogens (tertiary/aromatic N) is 5. The number of benzene rings is 1. The fraction of sp³-hybridized carbons (Fsp3) is 0.333. The molecule has 0 N–H and O–H groups in total. The van der Waals surface area contributed by atoms with Crippen molar-refractivity contribution in [1.29, 1.82) is 0 Å². The molecule has 0 atom stereocenters. The van der Waals surface area contributed by atoms with E-state index in [1.807, 2.05) is 55.5 Å². The third kappa shape index (κ3) is 6.25. The molecule has 7 heteroatoms. The van der Waals surface area contributed by atoms with Gasteiger partial charge in [0.2, 0.25) is 0 Å². The zero-order valence-corrected chi connectivity index (χ0v) is 17.8. The number of pyridine rings is 1. The number of anilines is 1. The van der Waals surface area contributed by atoms with Crippen LogP contribution in [0.5, 0.6) is 11.9 Å². The lowest BCUT2D eigenvalue weighted by Crippen LogP contribution is -2.30. The highest BCUT2D eigenvalue weighted by atomic mass is 16.6. The van der Waals surface area contributed by atoms with Gasteiger partial charge in [-0.1, -0.05) is 41.1 Å². The molecular weight excluding hydrogens is 390 g/mol. The van der Waals surface area contributed by atoms with E-state index < -0.39 is 0 Å².